The molecule has 0 atom stereocenters. The molecule has 0 amide bonds. The minimum absolute atomic E-state index is 0.0360. The van der Waals surface area contributed by atoms with Gasteiger partial charge in [-0.2, -0.15) is 5.10 Å². The number of hydrogen-bond donors (Lipinski definition) is 1. The van der Waals surface area contributed by atoms with E-state index in [1.165, 1.54) is 0 Å². The summed E-state index contributed by atoms with van der Waals surface area (Å²) < 4.78 is 0. The Kier molecular flexibility index (Phi) is 2.24. The molecule has 0 bridgehead atoms. The molecule has 0 unspecified atom stereocenters. The fourth-order valence-corrected chi connectivity index (χ4v) is 0.850. The van der Waals surface area contributed by atoms with E-state index in [9.17, 15) is 0 Å². The van der Waals surface area contributed by atoms with Crippen molar-refractivity contribution in [3.63, 3.8) is 0 Å². The van der Waals surface area contributed by atoms with E-state index >= 15 is 0 Å². The Hall–Kier alpha value is -0.830. The second-order valence-electron chi connectivity index (χ2n) is 3.73. The maximum absolute atomic E-state index is 5.63. The summed E-state index contributed by atoms with van der Waals surface area (Å²) in [6, 6.07) is 1.76. The number of halogens is 1. The minimum Gasteiger partial charge on any atom is -0.396 e. The normalized spacial score (nSPS) is 11.7. The Bertz CT molecular complexity index is 291. The van der Waals surface area contributed by atoms with Crippen molar-refractivity contribution in [2.24, 2.45) is 0 Å². The summed E-state index contributed by atoms with van der Waals surface area (Å²) in [7, 11) is 0. The quantitative estimate of drug-likeness (QED) is 0.673. The van der Waals surface area contributed by atoms with Crippen molar-refractivity contribution in [1.82, 2.24) is 10.2 Å². The van der Waals surface area contributed by atoms with Gasteiger partial charge in [-0.1, -0.05) is 32.4 Å². The van der Waals surface area contributed by atoms with Crippen molar-refractivity contribution < 1.29 is 0 Å². The SMILES string of the molecule is CC(C)(C)c1cc(N)c(Cl)nn1. The highest BCUT2D eigenvalue weighted by Crippen LogP contribution is 2.23. The van der Waals surface area contributed by atoms with E-state index < -0.39 is 0 Å². The maximum Gasteiger partial charge on any atom is 0.174 e. The number of rotatable bonds is 0. The number of nitrogens with two attached hydrogens (primary N) is 1. The molecular weight excluding hydrogens is 174 g/mol. The highest BCUT2D eigenvalue weighted by Gasteiger charge is 2.16. The topological polar surface area (TPSA) is 51.8 Å². The Balaban J connectivity index is 3.14. The summed E-state index contributed by atoms with van der Waals surface area (Å²) >= 11 is 5.63. The van der Waals surface area contributed by atoms with Gasteiger partial charge in [0.05, 0.1) is 11.4 Å². The summed E-state index contributed by atoms with van der Waals surface area (Å²) in [6.45, 7) is 6.14. The van der Waals surface area contributed by atoms with Gasteiger partial charge in [-0.25, -0.2) is 0 Å². The summed E-state index contributed by atoms with van der Waals surface area (Å²) in [5, 5.41) is 7.95. The van der Waals surface area contributed by atoms with Crippen molar-refractivity contribution in [1.29, 1.82) is 0 Å². The van der Waals surface area contributed by atoms with Gasteiger partial charge in [0.15, 0.2) is 5.15 Å². The third-order valence-corrected chi connectivity index (χ3v) is 1.84. The minimum atomic E-state index is -0.0360. The van der Waals surface area contributed by atoms with E-state index in [2.05, 4.69) is 10.2 Å². The van der Waals surface area contributed by atoms with Crippen LogP contribution in [0.15, 0.2) is 6.07 Å². The molecule has 0 aliphatic carbocycles. The van der Waals surface area contributed by atoms with Crippen molar-refractivity contribution in [2.75, 3.05) is 5.73 Å². The van der Waals surface area contributed by atoms with Crippen LogP contribution in [0.2, 0.25) is 5.15 Å². The molecule has 1 aromatic rings. The third-order valence-electron chi connectivity index (χ3n) is 1.54. The zero-order chi connectivity index (χ0) is 9.35. The average Bonchev–Trinajstić information content (AvgIpc) is 1.92. The van der Waals surface area contributed by atoms with Crippen LogP contribution in [0, 0.1) is 0 Å². The molecule has 0 saturated heterocycles. The molecule has 0 radical (unpaired) electrons. The van der Waals surface area contributed by atoms with E-state index in [1.807, 2.05) is 20.8 Å². The Morgan fingerprint density at radius 3 is 2.33 bits per heavy atom. The van der Waals surface area contributed by atoms with Gasteiger partial charge in [-0.05, 0) is 6.07 Å². The van der Waals surface area contributed by atoms with E-state index in [0.29, 0.717) is 5.69 Å². The van der Waals surface area contributed by atoms with E-state index in [4.69, 9.17) is 17.3 Å². The Morgan fingerprint density at radius 1 is 1.33 bits per heavy atom. The summed E-state index contributed by atoms with van der Waals surface area (Å²) in [4.78, 5) is 0. The number of aromatic nitrogens is 2. The van der Waals surface area contributed by atoms with Gasteiger partial charge >= 0.3 is 0 Å². The Labute approximate surface area is 76.9 Å². The van der Waals surface area contributed by atoms with E-state index in [1.54, 1.807) is 6.07 Å². The molecule has 0 fully saturated rings. The molecule has 0 aliphatic heterocycles. The lowest BCUT2D eigenvalue weighted by molar-refractivity contribution is 0.559. The molecule has 0 saturated carbocycles. The van der Waals surface area contributed by atoms with Crippen LogP contribution in [0.4, 0.5) is 5.69 Å². The van der Waals surface area contributed by atoms with Crippen LogP contribution >= 0.6 is 11.6 Å². The molecule has 0 aliphatic rings. The van der Waals surface area contributed by atoms with Crippen LogP contribution in [-0.2, 0) is 5.41 Å². The summed E-state index contributed by atoms with van der Waals surface area (Å²) in [6.07, 6.45) is 0. The zero-order valence-corrected chi connectivity index (χ0v) is 8.18. The molecule has 1 aromatic heterocycles. The number of nitrogens with zero attached hydrogens (tertiary/aromatic N) is 2. The van der Waals surface area contributed by atoms with Gasteiger partial charge in [0.25, 0.3) is 0 Å². The first-order chi connectivity index (χ1) is 5.41. The van der Waals surface area contributed by atoms with Crippen LogP contribution in [0.1, 0.15) is 26.5 Å². The van der Waals surface area contributed by atoms with Gasteiger partial charge in [-0.15, -0.1) is 5.10 Å². The smallest absolute Gasteiger partial charge is 0.174 e. The molecule has 1 heterocycles. The molecule has 66 valence electrons. The molecule has 1 rings (SSSR count). The molecule has 12 heavy (non-hydrogen) atoms. The molecule has 4 heteroatoms. The highest BCUT2D eigenvalue weighted by atomic mass is 35.5. The van der Waals surface area contributed by atoms with Gasteiger partial charge in [0.2, 0.25) is 0 Å². The lowest BCUT2D eigenvalue weighted by atomic mass is 9.92. The Morgan fingerprint density at radius 2 is 1.92 bits per heavy atom. The van der Waals surface area contributed by atoms with Gasteiger partial charge in [-0.3, -0.25) is 0 Å². The first kappa shape index (κ1) is 9.26. The maximum atomic E-state index is 5.63. The number of anilines is 1. The van der Waals surface area contributed by atoms with Crippen molar-refractivity contribution in [2.45, 2.75) is 26.2 Å². The second kappa shape index (κ2) is 2.90. The molecule has 2 N–H and O–H groups in total. The standard InChI is InChI=1S/C8H12ClN3/c1-8(2,3)6-4-5(10)7(9)12-11-6/h4H,1-3H3,(H2,10,11). The molecule has 0 spiro atoms. The molecule has 3 nitrogen and oxygen atoms in total. The van der Waals surface area contributed by atoms with Crippen molar-refractivity contribution in [3.8, 4) is 0 Å². The van der Waals surface area contributed by atoms with Crippen LogP contribution in [0.25, 0.3) is 0 Å². The molecular formula is C8H12ClN3. The van der Waals surface area contributed by atoms with E-state index in [-0.39, 0.29) is 10.6 Å². The number of nitrogen functional groups attached to an aromatic ring is 1. The highest BCUT2D eigenvalue weighted by molar-refractivity contribution is 6.31. The second-order valence-corrected chi connectivity index (χ2v) is 4.08. The average molecular weight is 186 g/mol. The largest absolute Gasteiger partial charge is 0.396 e. The van der Waals surface area contributed by atoms with E-state index in [0.717, 1.165) is 5.69 Å². The van der Waals surface area contributed by atoms with Gasteiger partial charge in [0, 0.05) is 5.41 Å². The first-order valence-corrected chi connectivity index (χ1v) is 4.08. The predicted octanol–water partition coefficient (Wildman–Crippen LogP) is 2.01. The monoisotopic (exact) mass is 185 g/mol. The van der Waals surface area contributed by atoms with Crippen molar-refractivity contribution in [3.05, 3.63) is 16.9 Å². The van der Waals surface area contributed by atoms with Gasteiger partial charge < -0.3 is 5.73 Å². The van der Waals surface area contributed by atoms with Gasteiger partial charge in [0.1, 0.15) is 0 Å². The third kappa shape index (κ3) is 1.85. The number of hydrogen-bond acceptors (Lipinski definition) is 3. The van der Waals surface area contributed by atoms with Crippen LogP contribution in [-0.4, -0.2) is 10.2 Å². The summed E-state index contributed by atoms with van der Waals surface area (Å²) in [5.41, 5.74) is 6.88. The summed E-state index contributed by atoms with van der Waals surface area (Å²) in [5.74, 6) is 0. The zero-order valence-electron chi connectivity index (χ0n) is 7.43. The van der Waals surface area contributed by atoms with Crippen LogP contribution in [0.5, 0.6) is 0 Å². The van der Waals surface area contributed by atoms with Crippen molar-refractivity contribution >= 4 is 17.3 Å². The predicted molar refractivity (Wildman–Crippen MR) is 50.2 cm³/mol. The first-order valence-electron chi connectivity index (χ1n) is 3.70. The van der Waals surface area contributed by atoms with Crippen LogP contribution in [0.3, 0.4) is 0 Å². The van der Waals surface area contributed by atoms with Crippen LogP contribution < -0.4 is 5.73 Å². The molecule has 0 aromatic carbocycles. The fraction of sp³-hybridized carbons (Fsp3) is 0.500. The lowest BCUT2D eigenvalue weighted by Gasteiger charge is -2.16. The lowest BCUT2D eigenvalue weighted by Crippen LogP contribution is -2.14. The fourth-order valence-electron chi connectivity index (χ4n) is 0.758.